The summed E-state index contributed by atoms with van der Waals surface area (Å²) in [5.41, 5.74) is 7.56. The number of aromatic amines is 1. The third-order valence-electron chi connectivity index (χ3n) is 8.89. The topological polar surface area (TPSA) is 75.6 Å². The number of fused-ring (bicyclic) bond motifs is 6. The summed E-state index contributed by atoms with van der Waals surface area (Å²) >= 11 is 0. The van der Waals surface area contributed by atoms with E-state index in [9.17, 15) is 4.79 Å². The van der Waals surface area contributed by atoms with E-state index in [-0.39, 0.29) is 5.91 Å². The predicted molar refractivity (Wildman–Crippen MR) is 163 cm³/mol. The highest BCUT2D eigenvalue weighted by molar-refractivity contribution is 6.76. The Morgan fingerprint density at radius 2 is 1.93 bits per heavy atom. The molecule has 40 heavy (non-hydrogen) atoms. The van der Waals surface area contributed by atoms with Crippen LogP contribution in [0.5, 0.6) is 0 Å². The van der Waals surface area contributed by atoms with Gasteiger partial charge in [-0.25, -0.2) is 4.68 Å². The number of benzene rings is 1. The number of nitrogens with zero attached hydrogens (tertiary/aromatic N) is 4. The molecule has 1 saturated heterocycles. The van der Waals surface area contributed by atoms with E-state index in [0.717, 1.165) is 106 Å². The zero-order chi connectivity index (χ0) is 28.1. The van der Waals surface area contributed by atoms with Gasteiger partial charge in [0.25, 0.3) is 0 Å². The van der Waals surface area contributed by atoms with Crippen molar-refractivity contribution in [2.24, 2.45) is 0 Å². The van der Waals surface area contributed by atoms with Crippen LogP contribution in [0.25, 0.3) is 22.3 Å². The number of hydrogen-bond donors (Lipinski definition) is 1. The second kappa shape index (κ2) is 10.7. The fraction of sp³-hybridized carbons (Fsp3) is 0.613. The van der Waals surface area contributed by atoms with Crippen molar-refractivity contribution in [2.75, 3.05) is 50.9 Å². The first-order valence-electron chi connectivity index (χ1n) is 15.1. The van der Waals surface area contributed by atoms with E-state index >= 15 is 0 Å². The van der Waals surface area contributed by atoms with Crippen molar-refractivity contribution in [3.63, 3.8) is 0 Å². The standard InChI is InChI=1S/C31H45N5O3Si/c1-31(2)25-19-26-24(18-27(25)36(30(31)37)11-7-10-34-12-14-38-15-13-34)23-9-6-8-22-20-35(33-28(22)29(23)32-26)21-39-16-17-40(3,4)5/h18-20,32H,6-17,21H2,1-5H3. The van der Waals surface area contributed by atoms with Crippen LogP contribution in [0.2, 0.25) is 25.7 Å². The van der Waals surface area contributed by atoms with E-state index in [4.69, 9.17) is 14.6 Å². The Kier molecular flexibility index (Phi) is 7.44. The summed E-state index contributed by atoms with van der Waals surface area (Å²) in [7, 11) is -1.11. The number of nitrogens with one attached hydrogen (secondary N) is 1. The number of H-pyrrole nitrogens is 1. The summed E-state index contributed by atoms with van der Waals surface area (Å²) in [6.07, 6.45) is 6.23. The maximum atomic E-state index is 13.6. The number of hydrogen-bond acceptors (Lipinski definition) is 5. The molecule has 4 heterocycles. The lowest BCUT2D eigenvalue weighted by Crippen LogP contribution is -2.40. The molecule has 1 N–H and O–H groups in total. The fourth-order valence-electron chi connectivity index (χ4n) is 6.45. The van der Waals surface area contributed by atoms with Gasteiger partial charge < -0.3 is 19.4 Å². The summed E-state index contributed by atoms with van der Waals surface area (Å²) in [5, 5.41) is 6.22. The number of rotatable bonds is 9. The van der Waals surface area contributed by atoms with Gasteiger partial charge in [0.15, 0.2) is 0 Å². The SMILES string of the molecule is CC1(C)C(=O)N(CCCN2CCOCC2)c2cc3c4c([nH]c3cc21)-c1nn(COCC[Si](C)(C)C)cc1CCC4. The molecule has 0 saturated carbocycles. The van der Waals surface area contributed by atoms with Gasteiger partial charge in [0.1, 0.15) is 12.4 Å². The Morgan fingerprint density at radius 3 is 2.70 bits per heavy atom. The molecule has 3 aliphatic rings. The lowest BCUT2D eigenvalue weighted by molar-refractivity contribution is -0.122. The minimum absolute atomic E-state index is 0.207. The third kappa shape index (κ3) is 5.29. The Labute approximate surface area is 239 Å². The van der Waals surface area contributed by atoms with E-state index in [1.165, 1.54) is 16.5 Å². The maximum Gasteiger partial charge on any atom is 0.237 e. The van der Waals surface area contributed by atoms with Crippen molar-refractivity contribution in [2.45, 2.75) is 77.4 Å². The first kappa shape index (κ1) is 27.7. The largest absolute Gasteiger partial charge is 0.379 e. The Bertz CT molecular complexity index is 1400. The van der Waals surface area contributed by atoms with Gasteiger partial charge >= 0.3 is 0 Å². The van der Waals surface area contributed by atoms with Crippen LogP contribution in [-0.2, 0) is 39.3 Å². The highest BCUT2D eigenvalue weighted by atomic mass is 28.3. The summed E-state index contributed by atoms with van der Waals surface area (Å²) in [4.78, 5) is 21.8. The molecule has 6 rings (SSSR count). The molecule has 0 spiro atoms. The molecule has 1 aliphatic carbocycles. The molecular weight excluding hydrogens is 518 g/mol. The van der Waals surface area contributed by atoms with Gasteiger partial charge in [0, 0.05) is 63.6 Å². The number of aromatic nitrogens is 3. The first-order valence-corrected chi connectivity index (χ1v) is 18.8. The van der Waals surface area contributed by atoms with Crippen LogP contribution in [0.15, 0.2) is 18.3 Å². The number of aryl methyl sites for hydroxylation is 2. The molecule has 1 amide bonds. The number of anilines is 1. The number of carbonyl (C=O) groups excluding carboxylic acids is 1. The summed E-state index contributed by atoms with van der Waals surface area (Å²) in [6, 6.07) is 5.67. The monoisotopic (exact) mass is 563 g/mol. The summed E-state index contributed by atoms with van der Waals surface area (Å²) < 4.78 is 13.5. The van der Waals surface area contributed by atoms with Crippen molar-refractivity contribution < 1.29 is 14.3 Å². The van der Waals surface area contributed by atoms with Gasteiger partial charge in [-0.2, -0.15) is 5.10 Å². The van der Waals surface area contributed by atoms with Crippen LogP contribution >= 0.6 is 0 Å². The average molecular weight is 564 g/mol. The maximum absolute atomic E-state index is 13.6. The quantitative estimate of drug-likeness (QED) is 0.287. The van der Waals surface area contributed by atoms with Crippen LogP contribution in [-0.4, -0.2) is 79.6 Å². The number of carbonyl (C=O) groups is 1. The molecule has 216 valence electrons. The molecule has 0 radical (unpaired) electrons. The van der Waals surface area contributed by atoms with Gasteiger partial charge in [0.2, 0.25) is 5.91 Å². The second-order valence-corrected chi connectivity index (χ2v) is 19.1. The molecule has 8 nitrogen and oxygen atoms in total. The molecule has 1 fully saturated rings. The number of amides is 1. The van der Waals surface area contributed by atoms with Crippen LogP contribution in [0, 0.1) is 0 Å². The Hall–Kier alpha value is -2.46. The summed E-state index contributed by atoms with van der Waals surface area (Å²) in [5.74, 6) is 0.207. The minimum Gasteiger partial charge on any atom is -0.379 e. The van der Waals surface area contributed by atoms with E-state index < -0.39 is 13.5 Å². The zero-order valence-electron chi connectivity index (χ0n) is 24.9. The third-order valence-corrected chi connectivity index (χ3v) is 10.6. The minimum atomic E-state index is -1.11. The van der Waals surface area contributed by atoms with Crippen molar-refractivity contribution in [1.29, 1.82) is 0 Å². The summed E-state index contributed by atoms with van der Waals surface area (Å²) in [6.45, 7) is 17.9. The van der Waals surface area contributed by atoms with Gasteiger partial charge in [-0.05, 0) is 74.4 Å². The van der Waals surface area contributed by atoms with Crippen LogP contribution in [0.4, 0.5) is 5.69 Å². The number of morpholine rings is 1. The molecule has 2 aromatic heterocycles. The molecule has 0 atom stereocenters. The van der Waals surface area contributed by atoms with Crippen molar-refractivity contribution in [1.82, 2.24) is 19.7 Å². The van der Waals surface area contributed by atoms with E-state index in [2.05, 4.69) is 61.7 Å². The van der Waals surface area contributed by atoms with Gasteiger partial charge in [-0.1, -0.05) is 19.6 Å². The molecule has 1 aromatic carbocycles. The lowest BCUT2D eigenvalue weighted by Gasteiger charge is -2.27. The average Bonchev–Trinajstić information content (AvgIpc) is 3.49. The Morgan fingerprint density at radius 1 is 1.12 bits per heavy atom. The predicted octanol–water partition coefficient (Wildman–Crippen LogP) is 5.18. The number of ether oxygens (including phenoxy) is 2. The van der Waals surface area contributed by atoms with Gasteiger partial charge in [-0.15, -0.1) is 0 Å². The van der Waals surface area contributed by atoms with E-state index in [1.54, 1.807) is 0 Å². The van der Waals surface area contributed by atoms with Gasteiger partial charge in [-0.3, -0.25) is 9.69 Å². The van der Waals surface area contributed by atoms with Crippen LogP contribution in [0.3, 0.4) is 0 Å². The van der Waals surface area contributed by atoms with Crippen molar-refractivity contribution in [3.8, 4) is 11.4 Å². The molecule has 9 heteroatoms. The normalized spacial score (nSPS) is 19.1. The molecule has 3 aromatic rings. The molecule has 2 aliphatic heterocycles. The zero-order valence-corrected chi connectivity index (χ0v) is 25.9. The van der Waals surface area contributed by atoms with E-state index in [1.807, 2.05) is 9.58 Å². The van der Waals surface area contributed by atoms with Crippen LogP contribution < -0.4 is 4.90 Å². The molecule has 0 bridgehead atoms. The molecule has 0 unspecified atom stereocenters. The highest BCUT2D eigenvalue weighted by Crippen LogP contribution is 2.46. The van der Waals surface area contributed by atoms with Crippen LogP contribution in [0.1, 0.15) is 43.4 Å². The van der Waals surface area contributed by atoms with Crippen molar-refractivity contribution >= 4 is 30.6 Å². The lowest BCUT2D eigenvalue weighted by atomic mass is 9.85. The highest BCUT2D eigenvalue weighted by Gasteiger charge is 2.44. The molecular formula is C31H45N5O3Si. The van der Waals surface area contributed by atoms with Gasteiger partial charge in [0.05, 0.1) is 24.3 Å². The fourth-order valence-corrected chi connectivity index (χ4v) is 7.20. The van der Waals surface area contributed by atoms with E-state index in [0.29, 0.717) is 6.73 Å². The first-order chi connectivity index (χ1) is 19.1. The second-order valence-electron chi connectivity index (χ2n) is 13.5. The van der Waals surface area contributed by atoms with Crippen molar-refractivity contribution in [3.05, 3.63) is 35.0 Å². The smallest absolute Gasteiger partial charge is 0.237 e. The Balaban J connectivity index is 1.27.